The van der Waals surface area contributed by atoms with Crippen LogP contribution in [0.25, 0.3) is 0 Å². The molecule has 122 valence electrons. The number of carbonyl (C=O) groups is 1. The zero-order chi connectivity index (χ0) is 15.9. The minimum atomic E-state index is -3.12. The number of nitrogens with two attached hydrogens (primary N) is 1. The van der Waals surface area contributed by atoms with Crippen LogP contribution in [0.5, 0.6) is 0 Å². The number of hydrogen-bond donors (Lipinski definition) is 2. The first kappa shape index (κ1) is 15.9. The highest BCUT2D eigenvalue weighted by Crippen LogP contribution is 2.24. The maximum Gasteiger partial charge on any atom is 0.280 e. The van der Waals surface area contributed by atoms with Crippen molar-refractivity contribution >= 4 is 27.1 Å². The van der Waals surface area contributed by atoms with E-state index in [1.807, 2.05) is 7.05 Å². The van der Waals surface area contributed by atoms with E-state index < -0.39 is 15.9 Å². The van der Waals surface area contributed by atoms with Crippen molar-refractivity contribution < 1.29 is 13.2 Å². The van der Waals surface area contributed by atoms with Crippen molar-refractivity contribution in [3.05, 3.63) is 15.6 Å². The fourth-order valence-electron chi connectivity index (χ4n) is 2.80. The van der Waals surface area contributed by atoms with Gasteiger partial charge >= 0.3 is 0 Å². The zero-order valence-corrected chi connectivity index (χ0v) is 14.0. The molecule has 9 heteroatoms. The first-order valence-electron chi connectivity index (χ1n) is 7.28. The minimum absolute atomic E-state index is 0.0895. The molecule has 3 N–H and O–H groups in total. The van der Waals surface area contributed by atoms with Gasteiger partial charge in [-0.2, -0.15) is 0 Å². The molecule has 0 unspecified atom stereocenters. The first-order valence-corrected chi connectivity index (χ1v) is 9.92. The molecule has 1 aromatic heterocycles. The van der Waals surface area contributed by atoms with Gasteiger partial charge in [-0.1, -0.05) is 0 Å². The number of carbonyl (C=O) groups excluding carboxylic acids is 1. The molecule has 3 rings (SSSR count). The summed E-state index contributed by atoms with van der Waals surface area (Å²) in [5, 5.41) is 3.15. The number of thiazole rings is 1. The van der Waals surface area contributed by atoms with E-state index in [0.717, 1.165) is 30.1 Å². The largest absolute Gasteiger partial charge is 0.345 e. The highest BCUT2D eigenvalue weighted by Gasteiger charge is 2.33. The van der Waals surface area contributed by atoms with E-state index in [9.17, 15) is 13.2 Å². The Morgan fingerprint density at radius 2 is 2.27 bits per heavy atom. The molecule has 1 saturated heterocycles. The van der Waals surface area contributed by atoms with E-state index in [-0.39, 0.29) is 23.5 Å². The minimum Gasteiger partial charge on any atom is -0.345 e. The van der Waals surface area contributed by atoms with Crippen LogP contribution in [-0.2, 0) is 22.8 Å². The summed E-state index contributed by atoms with van der Waals surface area (Å²) < 4.78 is 23.4. The van der Waals surface area contributed by atoms with E-state index in [2.05, 4.69) is 15.2 Å². The van der Waals surface area contributed by atoms with E-state index in [4.69, 9.17) is 5.73 Å². The van der Waals surface area contributed by atoms with Crippen molar-refractivity contribution in [3.63, 3.8) is 0 Å². The third-order valence-corrected chi connectivity index (χ3v) is 6.95. The van der Waals surface area contributed by atoms with Gasteiger partial charge in [0.2, 0.25) is 0 Å². The van der Waals surface area contributed by atoms with Gasteiger partial charge in [-0.05, 0) is 13.5 Å². The molecule has 0 aliphatic carbocycles. The van der Waals surface area contributed by atoms with E-state index >= 15 is 0 Å². The highest BCUT2D eigenvalue weighted by atomic mass is 32.2. The Hall–Kier alpha value is -1.03. The molecule has 22 heavy (non-hydrogen) atoms. The smallest absolute Gasteiger partial charge is 0.280 e. The molecule has 0 aromatic carbocycles. The number of amides is 1. The van der Waals surface area contributed by atoms with E-state index in [1.54, 1.807) is 0 Å². The SMILES string of the molecule is CN1CCc2nc(C(=O)N[C@@H]3CS(=O)(=O)CC[C@@H]3N)sc2C1. The maximum absolute atomic E-state index is 12.3. The van der Waals surface area contributed by atoms with Crippen molar-refractivity contribution in [3.8, 4) is 0 Å². The lowest BCUT2D eigenvalue weighted by Gasteiger charge is -2.28. The maximum atomic E-state index is 12.3. The van der Waals surface area contributed by atoms with Gasteiger partial charge in [0.05, 0.1) is 23.2 Å². The lowest BCUT2D eigenvalue weighted by Crippen LogP contribution is -2.55. The van der Waals surface area contributed by atoms with Crippen LogP contribution >= 0.6 is 11.3 Å². The lowest BCUT2D eigenvalue weighted by molar-refractivity contribution is 0.0933. The van der Waals surface area contributed by atoms with Crippen molar-refractivity contribution in [1.29, 1.82) is 0 Å². The van der Waals surface area contributed by atoms with Gasteiger partial charge in [-0.15, -0.1) is 11.3 Å². The van der Waals surface area contributed by atoms with Crippen LogP contribution in [0.3, 0.4) is 0 Å². The summed E-state index contributed by atoms with van der Waals surface area (Å²) in [7, 11) is -1.08. The Labute approximate surface area is 133 Å². The quantitative estimate of drug-likeness (QED) is 0.740. The number of aromatic nitrogens is 1. The molecule has 0 saturated carbocycles. The standard InChI is InChI=1S/C13H20N4O3S2/c1-17-4-2-9-11(6-17)21-13(16-9)12(18)15-10-7-22(19,20)5-3-8(10)14/h8,10H,2-7,14H2,1H3,(H,15,18)/t8-,10+/m0/s1. The number of rotatable bonds is 2. The Morgan fingerprint density at radius 3 is 3.05 bits per heavy atom. The fraction of sp³-hybridized carbons (Fsp3) is 0.692. The molecular weight excluding hydrogens is 324 g/mol. The third kappa shape index (κ3) is 3.32. The summed E-state index contributed by atoms with van der Waals surface area (Å²) in [6.45, 7) is 1.74. The van der Waals surface area contributed by atoms with Crippen LogP contribution < -0.4 is 11.1 Å². The second-order valence-corrected chi connectivity index (χ2v) is 9.34. The van der Waals surface area contributed by atoms with Gasteiger partial charge in [0, 0.05) is 30.4 Å². The molecule has 0 bridgehead atoms. The van der Waals surface area contributed by atoms with Crippen LogP contribution in [-0.4, -0.2) is 61.4 Å². The summed E-state index contributed by atoms with van der Waals surface area (Å²) in [6.07, 6.45) is 1.22. The van der Waals surface area contributed by atoms with Gasteiger partial charge in [0.15, 0.2) is 14.8 Å². The van der Waals surface area contributed by atoms with Crippen LogP contribution in [0, 0.1) is 0 Å². The second kappa shape index (κ2) is 5.88. The highest BCUT2D eigenvalue weighted by molar-refractivity contribution is 7.91. The molecule has 7 nitrogen and oxygen atoms in total. The Kier molecular flexibility index (Phi) is 4.23. The average Bonchev–Trinajstić information content (AvgIpc) is 2.85. The molecule has 1 fully saturated rings. The Bertz CT molecular complexity index is 685. The van der Waals surface area contributed by atoms with Gasteiger partial charge < -0.3 is 16.0 Å². The van der Waals surface area contributed by atoms with Crippen molar-refractivity contribution in [2.45, 2.75) is 31.5 Å². The molecule has 3 heterocycles. The predicted molar refractivity (Wildman–Crippen MR) is 84.7 cm³/mol. The summed E-state index contributed by atoms with van der Waals surface area (Å²) >= 11 is 1.38. The van der Waals surface area contributed by atoms with Crippen LogP contribution in [0.2, 0.25) is 0 Å². The molecule has 0 radical (unpaired) electrons. The number of hydrogen-bond acceptors (Lipinski definition) is 7. The monoisotopic (exact) mass is 344 g/mol. The lowest BCUT2D eigenvalue weighted by atomic mass is 10.1. The molecule has 0 spiro atoms. The topological polar surface area (TPSA) is 105 Å². The molecule has 2 aliphatic heterocycles. The molecular formula is C13H20N4O3S2. The van der Waals surface area contributed by atoms with E-state index in [0.29, 0.717) is 11.4 Å². The van der Waals surface area contributed by atoms with Gasteiger partial charge in [-0.3, -0.25) is 4.79 Å². The van der Waals surface area contributed by atoms with Crippen LogP contribution in [0.15, 0.2) is 0 Å². The number of likely N-dealkylation sites (N-methyl/N-ethyl adjacent to an activating group) is 1. The number of sulfone groups is 1. The van der Waals surface area contributed by atoms with Crippen LogP contribution in [0.4, 0.5) is 0 Å². The Balaban J connectivity index is 1.72. The van der Waals surface area contributed by atoms with Crippen LogP contribution in [0.1, 0.15) is 26.8 Å². The fourth-order valence-corrected chi connectivity index (χ4v) is 5.56. The molecule has 2 atom stereocenters. The molecule has 2 aliphatic rings. The number of nitrogens with one attached hydrogen (secondary N) is 1. The summed E-state index contributed by atoms with van der Waals surface area (Å²) in [5.74, 6) is -0.314. The number of fused-ring (bicyclic) bond motifs is 1. The average molecular weight is 344 g/mol. The normalized spacial score (nSPS) is 28.1. The third-order valence-electron chi connectivity index (χ3n) is 4.15. The first-order chi connectivity index (χ1) is 10.3. The summed E-state index contributed by atoms with van der Waals surface area (Å²) in [6, 6.07) is -0.858. The molecule has 1 amide bonds. The van der Waals surface area contributed by atoms with Crippen molar-refractivity contribution in [1.82, 2.24) is 15.2 Å². The molecule has 1 aromatic rings. The second-order valence-electron chi connectivity index (χ2n) is 6.02. The van der Waals surface area contributed by atoms with Crippen molar-refractivity contribution in [2.24, 2.45) is 5.73 Å². The Morgan fingerprint density at radius 1 is 1.50 bits per heavy atom. The van der Waals surface area contributed by atoms with Gasteiger partial charge in [-0.25, -0.2) is 13.4 Å². The van der Waals surface area contributed by atoms with Gasteiger partial charge in [0.25, 0.3) is 5.91 Å². The van der Waals surface area contributed by atoms with E-state index in [1.165, 1.54) is 11.3 Å². The van der Waals surface area contributed by atoms with Gasteiger partial charge in [0.1, 0.15) is 0 Å². The summed E-state index contributed by atoms with van der Waals surface area (Å²) in [4.78, 5) is 20.0. The number of nitrogens with zero attached hydrogens (tertiary/aromatic N) is 2. The summed E-state index contributed by atoms with van der Waals surface area (Å²) in [5.41, 5.74) is 6.92. The van der Waals surface area contributed by atoms with Crippen molar-refractivity contribution in [2.75, 3.05) is 25.1 Å². The predicted octanol–water partition coefficient (Wildman–Crippen LogP) is -0.625. The zero-order valence-electron chi connectivity index (χ0n) is 12.4.